The van der Waals surface area contributed by atoms with Crippen molar-refractivity contribution >= 4 is 22.6 Å². The highest BCUT2D eigenvalue weighted by molar-refractivity contribution is 14.1. The Bertz CT molecular complexity index is 560. The van der Waals surface area contributed by atoms with E-state index in [0.717, 1.165) is 83.5 Å². The maximum Gasteiger partial charge on any atom is 0.143 e. The van der Waals surface area contributed by atoms with Gasteiger partial charge in [-0.1, -0.05) is 80.4 Å². The maximum atomic E-state index is 14.9. The molecule has 4 aliphatic carbocycles. The van der Waals surface area contributed by atoms with Crippen LogP contribution in [-0.4, -0.2) is 28.6 Å². The minimum Gasteiger partial charge on any atom is -0.244 e. The van der Waals surface area contributed by atoms with Crippen LogP contribution in [-0.2, 0) is 0 Å². The van der Waals surface area contributed by atoms with Gasteiger partial charge < -0.3 is 0 Å². The van der Waals surface area contributed by atoms with E-state index in [4.69, 9.17) is 0 Å². The lowest BCUT2D eigenvalue weighted by Gasteiger charge is -2.41. The van der Waals surface area contributed by atoms with Crippen molar-refractivity contribution in [3.05, 3.63) is 0 Å². The molecule has 32 heavy (non-hydrogen) atoms. The molecule has 0 aromatic carbocycles. The summed E-state index contributed by atoms with van der Waals surface area (Å²) in [6.07, 6.45) is 11.2. The number of rotatable bonds is 6. The van der Waals surface area contributed by atoms with Crippen LogP contribution >= 0.6 is 22.6 Å². The lowest BCUT2D eigenvalue weighted by Crippen LogP contribution is -2.42. The van der Waals surface area contributed by atoms with Crippen molar-refractivity contribution in [1.82, 2.24) is 0 Å². The molecule has 0 spiro atoms. The minimum absolute atomic E-state index is 0.0395. The van der Waals surface area contributed by atoms with Crippen LogP contribution in [0.1, 0.15) is 103 Å². The molecule has 0 saturated heterocycles. The summed E-state index contributed by atoms with van der Waals surface area (Å²) in [4.78, 5) is 0. The van der Waals surface area contributed by atoms with Gasteiger partial charge in [0.2, 0.25) is 0 Å². The molecule has 4 saturated carbocycles. The SMILES string of the molecule is FC1C(CCCC2CCC(C3CCC(I)[C@H](F)C3F)CC2)CCC(C2CCCCC2)C1F. The molecule has 0 aliphatic heterocycles. The van der Waals surface area contributed by atoms with Gasteiger partial charge in [0.1, 0.15) is 24.7 Å². The van der Waals surface area contributed by atoms with Gasteiger partial charge in [-0.25, -0.2) is 17.6 Å². The van der Waals surface area contributed by atoms with Crippen LogP contribution in [0.3, 0.4) is 0 Å². The number of halogens is 5. The van der Waals surface area contributed by atoms with E-state index in [9.17, 15) is 17.6 Å². The summed E-state index contributed by atoms with van der Waals surface area (Å²) in [6.45, 7) is 0. The molecule has 0 radical (unpaired) electrons. The first-order valence-electron chi connectivity index (χ1n) is 13.7. The Labute approximate surface area is 206 Å². The molecule has 0 amide bonds. The van der Waals surface area contributed by atoms with E-state index >= 15 is 0 Å². The maximum absolute atomic E-state index is 14.9. The second kappa shape index (κ2) is 11.9. The van der Waals surface area contributed by atoms with Crippen molar-refractivity contribution in [2.45, 2.75) is 131 Å². The Morgan fingerprint density at radius 1 is 0.531 bits per heavy atom. The fourth-order valence-electron chi connectivity index (χ4n) is 7.76. The average molecular weight is 571 g/mol. The molecule has 186 valence electrons. The molecule has 4 aliphatic rings. The minimum atomic E-state index is -1.30. The fraction of sp³-hybridized carbons (Fsp3) is 1.00. The molecular formula is C27H43F4I. The highest BCUT2D eigenvalue weighted by atomic mass is 127. The number of hydrogen-bond donors (Lipinski definition) is 0. The first kappa shape index (κ1) is 25.5. The summed E-state index contributed by atoms with van der Waals surface area (Å²) < 4.78 is 58.4. The van der Waals surface area contributed by atoms with Crippen molar-refractivity contribution in [3.63, 3.8) is 0 Å². The zero-order valence-corrected chi connectivity index (χ0v) is 21.7. The van der Waals surface area contributed by atoms with Crippen LogP contribution in [0.5, 0.6) is 0 Å². The standard InChI is InChI=1S/C27H43F4I/c28-24-20(13-14-21(25(24)29)18-6-2-1-3-7-18)8-4-5-17-9-11-19(12-10-17)22-15-16-23(32)27(31)26(22)30/h17-27H,1-16H2/t17?,19?,20?,21?,22?,23?,24?,25?,26?,27-/m0/s1. The highest BCUT2D eigenvalue weighted by Crippen LogP contribution is 2.46. The van der Waals surface area contributed by atoms with Gasteiger partial charge in [-0.3, -0.25) is 0 Å². The van der Waals surface area contributed by atoms with Crippen molar-refractivity contribution in [1.29, 1.82) is 0 Å². The smallest absolute Gasteiger partial charge is 0.143 e. The molecule has 8 atom stereocenters. The highest BCUT2D eigenvalue weighted by Gasteiger charge is 2.44. The summed E-state index contributed by atoms with van der Waals surface area (Å²) in [5, 5.41) is 0. The summed E-state index contributed by atoms with van der Waals surface area (Å²) in [5.74, 6) is 1.15. The van der Waals surface area contributed by atoms with Gasteiger partial charge >= 0.3 is 0 Å². The van der Waals surface area contributed by atoms with Crippen molar-refractivity contribution in [2.75, 3.05) is 0 Å². The topological polar surface area (TPSA) is 0 Å². The third-order valence-electron chi connectivity index (χ3n) is 9.81. The normalized spacial score (nSPS) is 46.8. The van der Waals surface area contributed by atoms with Gasteiger partial charge in [-0.15, -0.1) is 0 Å². The Balaban J connectivity index is 1.15. The molecule has 7 unspecified atom stereocenters. The van der Waals surface area contributed by atoms with E-state index in [-0.39, 0.29) is 21.7 Å². The second-order valence-corrected chi connectivity index (χ2v) is 13.2. The van der Waals surface area contributed by atoms with Gasteiger partial charge in [0.25, 0.3) is 0 Å². The van der Waals surface area contributed by atoms with Gasteiger partial charge in [0.15, 0.2) is 0 Å². The van der Waals surface area contributed by atoms with Crippen LogP contribution < -0.4 is 0 Å². The molecule has 0 bridgehead atoms. The average Bonchev–Trinajstić information content (AvgIpc) is 2.82. The van der Waals surface area contributed by atoms with Gasteiger partial charge in [0.05, 0.1) is 0 Å². The summed E-state index contributed by atoms with van der Waals surface area (Å²) in [6, 6.07) is 0. The Morgan fingerprint density at radius 3 is 1.81 bits per heavy atom. The van der Waals surface area contributed by atoms with Crippen LogP contribution in [0, 0.1) is 35.5 Å². The number of alkyl halides is 5. The second-order valence-electron chi connectivity index (χ2n) is 11.6. The summed E-state index contributed by atoms with van der Waals surface area (Å²) in [5.41, 5.74) is 0. The van der Waals surface area contributed by atoms with E-state index in [1.54, 1.807) is 0 Å². The van der Waals surface area contributed by atoms with Crippen LogP contribution in [0.15, 0.2) is 0 Å². The summed E-state index contributed by atoms with van der Waals surface area (Å²) in [7, 11) is 0. The summed E-state index contributed by atoms with van der Waals surface area (Å²) >= 11 is 2.07. The molecular weight excluding hydrogens is 527 g/mol. The van der Waals surface area contributed by atoms with Crippen molar-refractivity contribution in [2.24, 2.45) is 35.5 Å². The Hall–Kier alpha value is 0.450. The number of hydrogen-bond acceptors (Lipinski definition) is 0. The zero-order chi connectivity index (χ0) is 22.7. The molecule has 4 fully saturated rings. The lowest BCUT2D eigenvalue weighted by atomic mass is 9.68. The van der Waals surface area contributed by atoms with Crippen molar-refractivity contribution < 1.29 is 17.6 Å². The molecule has 5 heteroatoms. The molecule has 0 aromatic rings. The first-order chi connectivity index (χ1) is 15.5. The van der Waals surface area contributed by atoms with Gasteiger partial charge in [-0.2, -0.15) is 0 Å². The molecule has 0 heterocycles. The molecule has 0 nitrogen and oxygen atoms in total. The first-order valence-corrected chi connectivity index (χ1v) is 14.9. The van der Waals surface area contributed by atoms with Crippen molar-refractivity contribution in [3.8, 4) is 0 Å². The van der Waals surface area contributed by atoms with E-state index in [1.807, 2.05) is 0 Å². The van der Waals surface area contributed by atoms with Gasteiger partial charge in [-0.05, 0) is 80.5 Å². The zero-order valence-electron chi connectivity index (χ0n) is 19.6. The molecule has 0 N–H and O–H groups in total. The quantitative estimate of drug-likeness (QED) is 0.170. The largest absolute Gasteiger partial charge is 0.244 e. The van der Waals surface area contributed by atoms with E-state index in [0.29, 0.717) is 17.8 Å². The lowest BCUT2D eigenvalue weighted by molar-refractivity contribution is -0.0120. The Kier molecular flexibility index (Phi) is 9.52. The van der Waals surface area contributed by atoms with E-state index < -0.39 is 24.7 Å². The van der Waals surface area contributed by atoms with Crippen LogP contribution in [0.2, 0.25) is 0 Å². The van der Waals surface area contributed by atoms with E-state index in [2.05, 4.69) is 22.6 Å². The van der Waals surface area contributed by atoms with Gasteiger partial charge in [0, 0.05) is 3.92 Å². The third kappa shape index (κ3) is 5.98. The predicted octanol–water partition coefficient (Wildman–Crippen LogP) is 9.14. The molecule has 4 rings (SSSR count). The fourth-order valence-corrected chi connectivity index (χ4v) is 8.51. The third-order valence-corrected chi connectivity index (χ3v) is 11.1. The van der Waals surface area contributed by atoms with Crippen LogP contribution in [0.25, 0.3) is 0 Å². The Morgan fingerprint density at radius 2 is 1.12 bits per heavy atom. The monoisotopic (exact) mass is 570 g/mol. The van der Waals surface area contributed by atoms with E-state index in [1.165, 1.54) is 19.3 Å². The van der Waals surface area contributed by atoms with Crippen LogP contribution in [0.4, 0.5) is 17.6 Å². The predicted molar refractivity (Wildman–Crippen MR) is 132 cm³/mol. The molecule has 0 aromatic heterocycles.